The number of anilines is 1. The highest BCUT2D eigenvalue weighted by molar-refractivity contribution is 6.11. The predicted molar refractivity (Wildman–Crippen MR) is 106 cm³/mol. The Hall–Kier alpha value is -3.72. The molecule has 0 saturated carbocycles. The van der Waals surface area contributed by atoms with Crippen LogP contribution in [0.2, 0.25) is 0 Å². The zero-order valence-electron chi connectivity index (χ0n) is 15.8. The van der Waals surface area contributed by atoms with Gasteiger partial charge in [0.05, 0.1) is 27.7 Å². The summed E-state index contributed by atoms with van der Waals surface area (Å²) in [5, 5.41) is 17.2. The number of fused-ring (bicyclic) bond motifs is 3. The first-order valence-corrected chi connectivity index (χ1v) is 9.13. The van der Waals surface area contributed by atoms with Gasteiger partial charge in [0.2, 0.25) is 5.91 Å². The lowest BCUT2D eigenvalue weighted by atomic mass is 9.86. The standard InChI is InChI=1S/C20H18N6O3/c1-20(2)11-7-13-14(8-15(11)26(19(20)28)9-16(27)25-29)22-18(21-13)17-10-5-3-4-6-12(10)23-24-17/h3-8,29H,9H2,1-2H3,(H,21,22)(H,23,24)(H,25,27). The summed E-state index contributed by atoms with van der Waals surface area (Å²) >= 11 is 0. The highest BCUT2D eigenvalue weighted by Gasteiger charge is 2.44. The zero-order chi connectivity index (χ0) is 20.3. The molecule has 29 heavy (non-hydrogen) atoms. The molecule has 0 radical (unpaired) electrons. The number of carbonyl (C=O) groups is 2. The van der Waals surface area contributed by atoms with Crippen LogP contribution in [-0.4, -0.2) is 43.7 Å². The second-order valence-corrected chi connectivity index (χ2v) is 7.64. The molecule has 2 aromatic heterocycles. The fourth-order valence-corrected chi connectivity index (χ4v) is 3.92. The van der Waals surface area contributed by atoms with E-state index in [4.69, 9.17) is 5.21 Å². The number of hydrogen-bond donors (Lipinski definition) is 4. The van der Waals surface area contributed by atoms with E-state index in [1.807, 2.05) is 50.2 Å². The third-order valence-electron chi connectivity index (χ3n) is 5.46. The number of imidazole rings is 1. The van der Waals surface area contributed by atoms with Gasteiger partial charge in [0.25, 0.3) is 5.91 Å². The average Bonchev–Trinajstić information content (AvgIpc) is 3.37. The van der Waals surface area contributed by atoms with Crippen LogP contribution in [0.3, 0.4) is 0 Å². The van der Waals surface area contributed by atoms with Crippen LogP contribution in [0.4, 0.5) is 5.69 Å². The van der Waals surface area contributed by atoms with Gasteiger partial charge in [0.15, 0.2) is 5.82 Å². The molecule has 0 atom stereocenters. The van der Waals surface area contributed by atoms with Crippen molar-refractivity contribution in [2.45, 2.75) is 19.3 Å². The third kappa shape index (κ3) is 2.44. The normalized spacial score (nSPS) is 15.3. The summed E-state index contributed by atoms with van der Waals surface area (Å²) in [5.41, 5.74) is 5.24. The Labute approximate surface area is 164 Å². The largest absolute Gasteiger partial charge is 0.337 e. The maximum absolute atomic E-state index is 12.9. The van der Waals surface area contributed by atoms with E-state index in [1.54, 1.807) is 5.48 Å². The van der Waals surface area contributed by atoms with Crippen molar-refractivity contribution in [2.24, 2.45) is 0 Å². The van der Waals surface area contributed by atoms with Gasteiger partial charge in [-0.05, 0) is 37.6 Å². The molecule has 1 aliphatic rings. The third-order valence-corrected chi connectivity index (χ3v) is 5.46. The number of aromatic amines is 2. The molecule has 4 N–H and O–H groups in total. The van der Waals surface area contributed by atoms with Gasteiger partial charge < -0.3 is 9.88 Å². The molecule has 0 aliphatic carbocycles. The monoisotopic (exact) mass is 390 g/mol. The number of hydroxylamine groups is 1. The van der Waals surface area contributed by atoms with Crippen LogP contribution < -0.4 is 10.4 Å². The van der Waals surface area contributed by atoms with Gasteiger partial charge in [0, 0.05) is 5.39 Å². The fraction of sp³-hybridized carbons (Fsp3) is 0.200. The van der Waals surface area contributed by atoms with Crippen LogP contribution in [0.25, 0.3) is 33.5 Å². The molecule has 2 amide bonds. The predicted octanol–water partition coefficient (Wildman–Crippen LogP) is 2.24. The first kappa shape index (κ1) is 17.4. The maximum Gasteiger partial charge on any atom is 0.263 e. The average molecular weight is 390 g/mol. The second-order valence-electron chi connectivity index (χ2n) is 7.64. The minimum atomic E-state index is -0.808. The Morgan fingerprint density at radius 2 is 2.03 bits per heavy atom. The van der Waals surface area contributed by atoms with Gasteiger partial charge in [-0.3, -0.25) is 19.9 Å². The Bertz CT molecular complexity index is 1300. The highest BCUT2D eigenvalue weighted by Crippen LogP contribution is 2.43. The summed E-state index contributed by atoms with van der Waals surface area (Å²) in [5.74, 6) is -0.248. The van der Waals surface area contributed by atoms with Crippen LogP contribution in [0.5, 0.6) is 0 Å². The number of para-hydroxylation sites is 1. The first-order chi connectivity index (χ1) is 13.9. The lowest BCUT2D eigenvalue weighted by molar-refractivity contribution is -0.130. The number of aromatic nitrogens is 4. The Morgan fingerprint density at radius 3 is 2.83 bits per heavy atom. The smallest absolute Gasteiger partial charge is 0.263 e. The summed E-state index contributed by atoms with van der Waals surface area (Å²) in [6.45, 7) is 3.36. The van der Waals surface area contributed by atoms with Crippen molar-refractivity contribution in [2.75, 3.05) is 11.4 Å². The molecule has 3 heterocycles. The number of nitrogens with zero attached hydrogens (tertiary/aromatic N) is 3. The number of nitrogens with one attached hydrogen (secondary N) is 3. The minimum absolute atomic E-state index is 0.206. The van der Waals surface area contributed by atoms with E-state index in [0.717, 1.165) is 22.0 Å². The van der Waals surface area contributed by atoms with Crippen LogP contribution >= 0.6 is 0 Å². The lowest BCUT2D eigenvalue weighted by Crippen LogP contribution is -2.42. The number of amides is 2. The number of hydrogen-bond acceptors (Lipinski definition) is 5. The van der Waals surface area contributed by atoms with Gasteiger partial charge in [-0.25, -0.2) is 10.5 Å². The van der Waals surface area contributed by atoms with E-state index >= 15 is 0 Å². The summed E-state index contributed by atoms with van der Waals surface area (Å²) in [4.78, 5) is 33.9. The van der Waals surface area contributed by atoms with Crippen molar-refractivity contribution in [3.8, 4) is 11.5 Å². The maximum atomic E-state index is 12.9. The molecule has 9 nitrogen and oxygen atoms in total. The zero-order valence-corrected chi connectivity index (χ0v) is 15.8. The Morgan fingerprint density at radius 1 is 1.24 bits per heavy atom. The molecule has 9 heteroatoms. The van der Waals surface area contributed by atoms with E-state index in [9.17, 15) is 9.59 Å². The summed E-state index contributed by atoms with van der Waals surface area (Å²) in [7, 11) is 0. The van der Waals surface area contributed by atoms with Gasteiger partial charge in [-0.2, -0.15) is 5.10 Å². The molecule has 4 aromatic rings. The quantitative estimate of drug-likeness (QED) is 0.315. The van der Waals surface area contributed by atoms with Crippen molar-refractivity contribution >= 4 is 39.4 Å². The first-order valence-electron chi connectivity index (χ1n) is 9.13. The van der Waals surface area contributed by atoms with Gasteiger partial charge >= 0.3 is 0 Å². The van der Waals surface area contributed by atoms with E-state index in [-0.39, 0.29) is 12.5 Å². The van der Waals surface area contributed by atoms with E-state index in [1.165, 1.54) is 4.90 Å². The summed E-state index contributed by atoms with van der Waals surface area (Å²) < 4.78 is 0. The van der Waals surface area contributed by atoms with Crippen LogP contribution in [0.15, 0.2) is 36.4 Å². The highest BCUT2D eigenvalue weighted by atomic mass is 16.5. The number of benzene rings is 2. The lowest BCUT2D eigenvalue weighted by Gasteiger charge is -2.19. The molecule has 0 saturated heterocycles. The van der Waals surface area contributed by atoms with E-state index in [0.29, 0.717) is 22.7 Å². The number of carbonyl (C=O) groups excluding carboxylic acids is 2. The van der Waals surface area contributed by atoms with E-state index in [2.05, 4.69) is 20.2 Å². The molecular formula is C20H18N6O3. The van der Waals surface area contributed by atoms with Crippen LogP contribution in [0, 0.1) is 0 Å². The molecule has 2 aromatic carbocycles. The van der Waals surface area contributed by atoms with Gasteiger partial charge in [-0.15, -0.1) is 0 Å². The number of rotatable bonds is 3. The Balaban J connectivity index is 1.66. The molecule has 0 bridgehead atoms. The van der Waals surface area contributed by atoms with Crippen molar-refractivity contribution < 1.29 is 14.8 Å². The Kier molecular flexibility index (Phi) is 3.53. The molecule has 0 unspecified atom stereocenters. The molecule has 0 fully saturated rings. The molecule has 1 aliphatic heterocycles. The van der Waals surface area contributed by atoms with Crippen molar-refractivity contribution in [1.29, 1.82) is 0 Å². The number of H-pyrrole nitrogens is 2. The topological polar surface area (TPSA) is 127 Å². The fourth-order valence-electron chi connectivity index (χ4n) is 3.92. The molecule has 5 rings (SSSR count). The molecule has 0 spiro atoms. The summed E-state index contributed by atoms with van der Waals surface area (Å²) in [6.07, 6.45) is 0. The van der Waals surface area contributed by atoms with Crippen LogP contribution in [-0.2, 0) is 15.0 Å². The van der Waals surface area contributed by atoms with Crippen molar-refractivity contribution in [3.63, 3.8) is 0 Å². The minimum Gasteiger partial charge on any atom is -0.337 e. The SMILES string of the molecule is CC1(C)C(=O)N(CC(=O)NO)c2cc3[nH]c(-c4n[nH]c5ccccc45)nc3cc21. The molecule has 146 valence electrons. The van der Waals surface area contributed by atoms with Gasteiger partial charge in [0.1, 0.15) is 12.2 Å². The molecular weight excluding hydrogens is 372 g/mol. The summed E-state index contributed by atoms with van der Waals surface area (Å²) in [6, 6.07) is 11.5. The van der Waals surface area contributed by atoms with E-state index < -0.39 is 11.3 Å². The second kappa shape index (κ2) is 5.89. The van der Waals surface area contributed by atoms with Gasteiger partial charge in [-0.1, -0.05) is 18.2 Å². The van der Waals surface area contributed by atoms with Crippen molar-refractivity contribution in [3.05, 3.63) is 42.0 Å². The van der Waals surface area contributed by atoms with Crippen molar-refractivity contribution in [1.82, 2.24) is 25.6 Å². The van der Waals surface area contributed by atoms with Crippen LogP contribution in [0.1, 0.15) is 19.4 Å².